The number of nitrogens with two attached hydrogens (primary N) is 1. The molecule has 108 valence electrons. The molecule has 0 aliphatic carbocycles. The maximum absolute atomic E-state index is 13.7. The first-order valence-corrected chi connectivity index (χ1v) is 6.16. The van der Waals surface area contributed by atoms with Crippen LogP contribution in [0.5, 0.6) is 0 Å². The molecule has 0 radical (unpaired) electrons. The summed E-state index contributed by atoms with van der Waals surface area (Å²) >= 11 is 0. The number of nitrogens with one attached hydrogen (secondary N) is 1. The summed E-state index contributed by atoms with van der Waals surface area (Å²) < 4.78 is 13.7. The first-order chi connectivity index (χ1) is 10.0. The smallest absolute Gasteiger partial charge is 0.258 e. The number of nitrogens with zero attached hydrogens (tertiary/aromatic N) is 1. The summed E-state index contributed by atoms with van der Waals surface area (Å²) in [7, 11) is 0. The number of carbonyl (C=O) groups excluding carboxylic acids is 1. The van der Waals surface area contributed by atoms with E-state index in [0.29, 0.717) is 11.3 Å². The number of hydrogen-bond acceptors (Lipinski definition) is 3. The van der Waals surface area contributed by atoms with Gasteiger partial charge >= 0.3 is 0 Å². The molecule has 21 heavy (non-hydrogen) atoms. The van der Waals surface area contributed by atoms with Gasteiger partial charge in [-0.2, -0.15) is 0 Å². The number of rotatable bonds is 3. The summed E-state index contributed by atoms with van der Waals surface area (Å²) in [4.78, 5) is 12.0. The number of carbonyl (C=O) groups is 1. The molecular formula is C15H14FN3O2. The van der Waals surface area contributed by atoms with Gasteiger partial charge in [-0.3, -0.25) is 4.79 Å². The van der Waals surface area contributed by atoms with E-state index >= 15 is 0 Å². The molecule has 0 aliphatic heterocycles. The molecule has 2 aromatic rings. The van der Waals surface area contributed by atoms with Gasteiger partial charge in [-0.1, -0.05) is 23.4 Å². The van der Waals surface area contributed by atoms with Gasteiger partial charge in [-0.05, 0) is 36.8 Å². The predicted molar refractivity (Wildman–Crippen MR) is 78.0 cm³/mol. The van der Waals surface area contributed by atoms with Crippen LogP contribution in [0.1, 0.15) is 21.5 Å². The van der Waals surface area contributed by atoms with E-state index in [2.05, 4.69) is 10.5 Å². The summed E-state index contributed by atoms with van der Waals surface area (Å²) in [6, 6.07) is 10.8. The average molecular weight is 287 g/mol. The fourth-order valence-electron chi connectivity index (χ4n) is 1.82. The zero-order valence-electron chi connectivity index (χ0n) is 11.3. The molecule has 4 N–H and O–H groups in total. The van der Waals surface area contributed by atoms with Gasteiger partial charge in [0.25, 0.3) is 5.91 Å². The molecular weight excluding hydrogens is 273 g/mol. The number of amidine groups is 1. The minimum atomic E-state index is -0.583. The maximum Gasteiger partial charge on any atom is 0.258 e. The van der Waals surface area contributed by atoms with Crippen LogP contribution >= 0.6 is 0 Å². The Bertz CT molecular complexity index is 714. The zero-order chi connectivity index (χ0) is 15.4. The van der Waals surface area contributed by atoms with Gasteiger partial charge in [-0.15, -0.1) is 0 Å². The lowest BCUT2D eigenvalue weighted by molar-refractivity contribution is 0.102. The molecule has 2 rings (SSSR count). The number of anilines is 1. The molecule has 0 aliphatic rings. The van der Waals surface area contributed by atoms with E-state index in [0.717, 1.165) is 5.56 Å². The van der Waals surface area contributed by atoms with Gasteiger partial charge < -0.3 is 16.3 Å². The molecule has 0 fully saturated rings. The highest BCUT2D eigenvalue weighted by molar-refractivity contribution is 6.05. The first-order valence-electron chi connectivity index (χ1n) is 6.16. The summed E-state index contributed by atoms with van der Waals surface area (Å²) in [5, 5.41) is 14.1. The zero-order valence-corrected chi connectivity index (χ0v) is 11.3. The summed E-state index contributed by atoms with van der Waals surface area (Å²) in [6.45, 7) is 1.74. The van der Waals surface area contributed by atoms with Gasteiger partial charge in [0.05, 0.1) is 5.56 Å². The minimum Gasteiger partial charge on any atom is -0.409 e. The number of halogens is 1. The van der Waals surface area contributed by atoms with Crippen molar-refractivity contribution in [1.29, 1.82) is 0 Å². The third-order valence-electron chi connectivity index (χ3n) is 2.89. The van der Waals surface area contributed by atoms with Gasteiger partial charge in [0.15, 0.2) is 5.84 Å². The molecule has 0 heterocycles. The van der Waals surface area contributed by atoms with Crippen LogP contribution in [0.15, 0.2) is 47.6 Å². The van der Waals surface area contributed by atoms with Gasteiger partial charge in [-0.25, -0.2) is 4.39 Å². The number of oxime groups is 1. The SMILES string of the molecule is Cc1ccc(C(=O)Nc2cccc(/C(N)=N/O)c2)c(F)c1. The molecule has 5 nitrogen and oxygen atoms in total. The Kier molecular flexibility index (Phi) is 4.18. The van der Waals surface area contributed by atoms with Crippen LogP contribution in [0.3, 0.4) is 0 Å². The van der Waals surface area contributed by atoms with Crippen molar-refractivity contribution in [3.8, 4) is 0 Å². The summed E-state index contributed by atoms with van der Waals surface area (Å²) in [6.07, 6.45) is 0. The molecule has 1 amide bonds. The lowest BCUT2D eigenvalue weighted by atomic mass is 10.1. The van der Waals surface area contributed by atoms with Crippen molar-refractivity contribution in [2.75, 3.05) is 5.32 Å². The van der Waals surface area contributed by atoms with Crippen LogP contribution in [-0.2, 0) is 0 Å². The third-order valence-corrected chi connectivity index (χ3v) is 2.89. The van der Waals surface area contributed by atoms with E-state index in [9.17, 15) is 9.18 Å². The van der Waals surface area contributed by atoms with E-state index in [1.54, 1.807) is 31.2 Å². The van der Waals surface area contributed by atoms with E-state index < -0.39 is 11.7 Å². The number of hydrogen-bond donors (Lipinski definition) is 3. The monoisotopic (exact) mass is 287 g/mol. The summed E-state index contributed by atoms with van der Waals surface area (Å²) in [5.74, 6) is -1.23. The Morgan fingerprint density at radius 1 is 1.29 bits per heavy atom. The van der Waals surface area contributed by atoms with E-state index in [-0.39, 0.29) is 11.4 Å². The Hall–Kier alpha value is -2.89. The lowest BCUT2D eigenvalue weighted by Gasteiger charge is -2.08. The molecule has 0 aromatic heterocycles. The van der Waals surface area contributed by atoms with Crippen molar-refractivity contribution in [2.24, 2.45) is 10.9 Å². The highest BCUT2D eigenvalue weighted by atomic mass is 19.1. The van der Waals surface area contributed by atoms with Crippen molar-refractivity contribution < 1.29 is 14.4 Å². The molecule has 0 saturated carbocycles. The van der Waals surface area contributed by atoms with Crippen molar-refractivity contribution in [1.82, 2.24) is 0 Å². The first kappa shape index (κ1) is 14.5. The molecule has 0 spiro atoms. The van der Waals surface area contributed by atoms with Gasteiger partial charge in [0.2, 0.25) is 0 Å². The quantitative estimate of drug-likeness (QED) is 0.351. The molecule has 0 bridgehead atoms. The second-order valence-electron chi connectivity index (χ2n) is 4.50. The van der Waals surface area contributed by atoms with Crippen molar-refractivity contribution >= 4 is 17.4 Å². The Balaban J connectivity index is 2.23. The lowest BCUT2D eigenvalue weighted by Crippen LogP contribution is -2.16. The fourth-order valence-corrected chi connectivity index (χ4v) is 1.82. The van der Waals surface area contributed by atoms with Crippen LogP contribution in [-0.4, -0.2) is 17.0 Å². The molecule has 0 unspecified atom stereocenters. The average Bonchev–Trinajstić information content (AvgIpc) is 2.46. The second kappa shape index (κ2) is 6.04. The number of aryl methyl sites for hydroxylation is 1. The number of benzene rings is 2. The second-order valence-corrected chi connectivity index (χ2v) is 4.50. The Morgan fingerprint density at radius 2 is 2.05 bits per heavy atom. The minimum absolute atomic E-state index is 0.0465. The van der Waals surface area contributed by atoms with E-state index in [4.69, 9.17) is 10.9 Å². The summed E-state index contributed by atoms with van der Waals surface area (Å²) in [5.41, 5.74) is 7.03. The highest BCUT2D eigenvalue weighted by Crippen LogP contribution is 2.15. The number of amides is 1. The van der Waals surface area contributed by atoms with Crippen LogP contribution < -0.4 is 11.1 Å². The van der Waals surface area contributed by atoms with Crippen molar-refractivity contribution in [3.05, 3.63) is 65.0 Å². The largest absolute Gasteiger partial charge is 0.409 e. The molecule has 6 heteroatoms. The fraction of sp³-hybridized carbons (Fsp3) is 0.0667. The maximum atomic E-state index is 13.7. The van der Waals surface area contributed by atoms with E-state index in [1.807, 2.05) is 0 Å². The van der Waals surface area contributed by atoms with Crippen LogP contribution in [0.25, 0.3) is 0 Å². The Morgan fingerprint density at radius 3 is 2.71 bits per heavy atom. The van der Waals surface area contributed by atoms with Crippen molar-refractivity contribution in [3.63, 3.8) is 0 Å². The van der Waals surface area contributed by atoms with Crippen LogP contribution in [0.4, 0.5) is 10.1 Å². The topological polar surface area (TPSA) is 87.7 Å². The normalized spacial score (nSPS) is 11.2. The molecule has 0 saturated heterocycles. The van der Waals surface area contributed by atoms with Gasteiger partial charge in [0, 0.05) is 11.3 Å². The van der Waals surface area contributed by atoms with Crippen LogP contribution in [0.2, 0.25) is 0 Å². The van der Waals surface area contributed by atoms with E-state index in [1.165, 1.54) is 18.2 Å². The predicted octanol–water partition coefficient (Wildman–Crippen LogP) is 2.48. The van der Waals surface area contributed by atoms with Gasteiger partial charge in [0.1, 0.15) is 5.82 Å². The Labute approximate surface area is 120 Å². The van der Waals surface area contributed by atoms with Crippen molar-refractivity contribution in [2.45, 2.75) is 6.92 Å². The molecule has 0 atom stereocenters. The molecule has 2 aromatic carbocycles. The standard InChI is InChI=1S/C15H14FN3O2/c1-9-5-6-12(13(16)7-9)15(20)18-11-4-2-3-10(8-11)14(17)19-21/h2-8,21H,1H3,(H2,17,19)(H,18,20). The highest BCUT2D eigenvalue weighted by Gasteiger charge is 2.12. The third kappa shape index (κ3) is 3.36. The van der Waals surface area contributed by atoms with Crippen LogP contribution in [0, 0.1) is 12.7 Å².